The van der Waals surface area contributed by atoms with Crippen molar-refractivity contribution in [1.82, 2.24) is 0 Å². The first-order valence-corrected chi connectivity index (χ1v) is 6.66. The molecule has 0 aromatic heterocycles. The Balaban J connectivity index is 1.87. The molecule has 0 aliphatic rings. The maximum atomic E-state index is 4.01. The second kappa shape index (κ2) is 7.75. The Bertz CT molecular complexity index is 614. The van der Waals surface area contributed by atoms with Crippen LogP contribution in [0.15, 0.2) is 97.1 Å². The minimum Gasteiger partial charge on any atom is -0.0918 e. The third-order valence-electron chi connectivity index (χ3n) is 2.80. The van der Waals surface area contributed by atoms with Gasteiger partial charge in [-0.2, -0.15) is 0 Å². The Morgan fingerprint density at radius 1 is 0.650 bits per heavy atom. The Morgan fingerprint density at radius 2 is 1.20 bits per heavy atom. The van der Waals surface area contributed by atoms with Crippen LogP contribution in [0.1, 0.15) is 11.1 Å². The van der Waals surface area contributed by atoms with E-state index in [1.165, 1.54) is 11.1 Å². The van der Waals surface area contributed by atoms with Gasteiger partial charge < -0.3 is 0 Å². The van der Waals surface area contributed by atoms with E-state index in [0.29, 0.717) is 0 Å². The summed E-state index contributed by atoms with van der Waals surface area (Å²) in [5.74, 6) is 0. The Labute approximate surface area is 121 Å². The summed E-state index contributed by atoms with van der Waals surface area (Å²) in [6, 6.07) is 20.5. The van der Waals surface area contributed by atoms with Crippen molar-refractivity contribution in [2.45, 2.75) is 0 Å². The van der Waals surface area contributed by atoms with Crippen molar-refractivity contribution in [3.63, 3.8) is 0 Å². The lowest BCUT2D eigenvalue weighted by Gasteiger charge is -1.92. The highest BCUT2D eigenvalue weighted by Crippen LogP contribution is 2.05. The normalized spacial score (nSPS) is 11.6. The summed E-state index contributed by atoms with van der Waals surface area (Å²) in [7, 11) is 0. The monoisotopic (exact) mass is 258 g/mol. The maximum absolute atomic E-state index is 4.01. The summed E-state index contributed by atoms with van der Waals surface area (Å²) in [6.07, 6.45) is 12.2. The van der Waals surface area contributed by atoms with Gasteiger partial charge in [0.15, 0.2) is 0 Å². The summed E-state index contributed by atoms with van der Waals surface area (Å²) in [5, 5.41) is 0. The second-order valence-corrected chi connectivity index (χ2v) is 4.45. The molecule has 0 nitrogen and oxygen atoms in total. The molecule has 2 aromatic rings. The van der Waals surface area contributed by atoms with Crippen LogP contribution in [0.2, 0.25) is 0 Å². The largest absolute Gasteiger partial charge is 0.0918 e. The van der Waals surface area contributed by atoms with Gasteiger partial charge in [-0.1, -0.05) is 104 Å². The molecule has 0 bridgehead atoms. The summed E-state index contributed by atoms with van der Waals surface area (Å²) in [6.45, 7) is 4.01. The van der Waals surface area contributed by atoms with Gasteiger partial charge in [-0.25, -0.2) is 0 Å². The van der Waals surface area contributed by atoms with Crippen molar-refractivity contribution in [1.29, 1.82) is 0 Å². The first-order chi connectivity index (χ1) is 9.84. The molecule has 98 valence electrons. The molecule has 0 unspecified atom stereocenters. The molecule has 0 atom stereocenters. The smallest absolute Gasteiger partial charge is 0.0256 e. The van der Waals surface area contributed by atoms with Gasteiger partial charge in [0, 0.05) is 0 Å². The third-order valence-corrected chi connectivity index (χ3v) is 2.80. The first kappa shape index (κ1) is 13.8. The molecule has 0 N–H and O–H groups in total. The molecule has 0 heterocycles. The fourth-order valence-electron chi connectivity index (χ4n) is 1.73. The lowest BCUT2D eigenvalue weighted by molar-refractivity contribution is 1.65. The minimum atomic E-state index is 0.978. The summed E-state index contributed by atoms with van der Waals surface area (Å²) < 4.78 is 0. The standard InChI is InChI=1S/C20H18/c1-18(16-17-20-13-6-3-7-14-20)10-8-9-15-19-11-4-2-5-12-19/h2-17H,1H2. The van der Waals surface area contributed by atoms with E-state index >= 15 is 0 Å². The average Bonchev–Trinajstić information content (AvgIpc) is 2.52. The van der Waals surface area contributed by atoms with Crippen molar-refractivity contribution in [3.05, 3.63) is 108 Å². The maximum Gasteiger partial charge on any atom is -0.0256 e. The van der Waals surface area contributed by atoms with Crippen molar-refractivity contribution < 1.29 is 0 Å². The molecule has 0 saturated carbocycles. The molecule has 2 rings (SSSR count). The third kappa shape index (κ3) is 4.95. The molecule has 0 aliphatic heterocycles. The van der Waals surface area contributed by atoms with Gasteiger partial charge in [0.2, 0.25) is 0 Å². The van der Waals surface area contributed by atoms with Gasteiger partial charge in [-0.3, -0.25) is 0 Å². The SMILES string of the molecule is C=C(C=CC=Cc1ccccc1)C=Cc1ccccc1. The van der Waals surface area contributed by atoms with Gasteiger partial charge in [-0.15, -0.1) is 0 Å². The highest BCUT2D eigenvalue weighted by molar-refractivity contribution is 5.55. The quantitative estimate of drug-likeness (QED) is 0.619. The van der Waals surface area contributed by atoms with E-state index in [2.05, 4.69) is 43.0 Å². The van der Waals surface area contributed by atoms with E-state index in [1.807, 2.05) is 60.7 Å². The van der Waals surface area contributed by atoms with Gasteiger partial charge in [0.05, 0.1) is 0 Å². The molecule has 0 radical (unpaired) electrons. The second-order valence-electron chi connectivity index (χ2n) is 4.45. The van der Waals surface area contributed by atoms with Crippen molar-refractivity contribution in [2.24, 2.45) is 0 Å². The van der Waals surface area contributed by atoms with E-state index in [1.54, 1.807) is 0 Å². The fourth-order valence-corrected chi connectivity index (χ4v) is 1.73. The zero-order valence-electron chi connectivity index (χ0n) is 11.4. The minimum absolute atomic E-state index is 0.978. The van der Waals surface area contributed by atoms with Gasteiger partial charge in [-0.05, 0) is 16.7 Å². The Kier molecular flexibility index (Phi) is 5.36. The van der Waals surface area contributed by atoms with Gasteiger partial charge in [0.25, 0.3) is 0 Å². The zero-order valence-corrected chi connectivity index (χ0v) is 11.4. The Hall–Kier alpha value is -2.60. The molecule has 20 heavy (non-hydrogen) atoms. The molecule has 0 fully saturated rings. The lowest BCUT2D eigenvalue weighted by atomic mass is 10.1. The molecule has 0 heteroatoms. The topological polar surface area (TPSA) is 0 Å². The number of hydrogen-bond acceptors (Lipinski definition) is 0. The van der Waals surface area contributed by atoms with Crippen molar-refractivity contribution in [3.8, 4) is 0 Å². The van der Waals surface area contributed by atoms with Crippen LogP contribution >= 0.6 is 0 Å². The van der Waals surface area contributed by atoms with E-state index < -0.39 is 0 Å². The first-order valence-electron chi connectivity index (χ1n) is 6.66. The molecular formula is C20H18. The van der Waals surface area contributed by atoms with Crippen LogP contribution < -0.4 is 0 Å². The highest BCUT2D eigenvalue weighted by atomic mass is 13.9. The fraction of sp³-hybridized carbons (Fsp3) is 0. The lowest BCUT2D eigenvalue weighted by Crippen LogP contribution is -1.70. The number of rotatable bonds is 5. The van der Waals surface area contributed by atoms with Crippen LogP contribution in [-0.2, 0) is 0 Å². The average molecular weight is 258 g/mol. The summed E-state index contributed by atoms with van der Waals surface area (Å²) >= 11 is 0. The van der Waals surface area contributed by atoms with Crippen LogP contribution in [0, 0.1) is 0 Å². The molecule has 0 aliphatic carbocycles. The van der Waals surface area contributed by atoms with E-state index in [4.69, 9.17) is 0 Å². The van der Waals surface area contributed by atoms with Crippen LogP contribution in [0.4, 0.5) is 0 Å². The molecule has 0 amide bonds. The van der Waals surface area contributed by atoms with Gasteiger partial charge >= 0.3 is 0 Å². The van der Waals surface area contributed by atoms with Crippen LogP contribution in [0.3, 0.4) is 0 Å². The predicted octanol–water partition coefficient (Wildman–Crippen LogP) is 5.53. The van der Waals surface area contributed by atoms with Crippen LogP contribution in [-0.4, -0.2) is 0 Å². The van der Waals surface area contributed by atoms with Gasteiger partial charge in [0.1, 0.15) is 0 Å². The number of benzene rings is 2. The van der Waals surface area contributed by atoms with Crippen molar-refractivity contribution in [2.75, 3.05) is 0 Å². The molecule has 0 spiro atoms. The number of hydrogen-bond donors (Lipinski definition) is 0. The zero-order chi connectivity index (χ0) is 14.0. The summed E-state index contributed by atoms with van der Waals surface area (Å²) in [5.41, 5.74) is 3.36. The van der Waals surface area contributed by atoms with E-state index in [9.17, 15) is 0 Å². The van der Waals surface area contributed by atoms with E-state index in [0.717, 1.165) is 5.57 Å². The Morgan fingerprint density at radius 3 is 1.80 bits per heavy atom. The highest BCUT2D eigenvalue weighted by Gasteiger charge is 1.84. The van der Waals surface area contributed by atoms with Crippen molar-refractivity contribution >= 4 is 12.2 Å². The summed E-state index contributed by atoms with van der Waals surface area (Å²) in [4.78, 5) is 0. The van der Waals surface area contributed by atoms with Crippen LogP contribution in [0.5, 0.6) is 0 Å². The molecule has 0 saturated heterocycles. The van der Waals surface area contributed by atoms with Crippen LogP contribution in [0.25, 0.3) is 12.2 Å². The number of allylic oxidation sites excluding steroid dienone is 5. The van der Waals surface area contributed by atoms with E-state index in [-0.39, 0.29) is 0 Å². The predicted molar refractivity (Wildman–Crippen MR) is 89.2 cm³/mol. The molecular weight excluding hydrogens is 240 g/mol. The molecule has 2 aromatic carbocycles.